The van der Waals surface area contributed by atoms with Crippen LogP contribution in [0.4, 0.5) is 0 Å². The molecule has 2 saturated carbocycles. The Bertz CT molecular complexity index is 371. The van der Waals surface area contributed by atoms with Gasteiger partial charge in [0.15, 0.2) is 0 Å². The third-order valence-electron chi connectivity index (χ3n) is 5.12. The predicted octanol–water partition coefficient (Wildman–Crippen LogP) is 2.87. The summed E-state index contributed by atoms with van der Waals surface area (Å²) in [5, 5.41) is 12.1. The third kappa shape index (κ3) is 2.53. The molecule has 100 valence electrons. The Morgan fingerprint density at radius 3 is 2.61 bits per heavy atom. The van der Waals surface area contributed by atoms with Gasteiger partial charge in [0, 0.05) is 6.42 Å². The summed E-state index contributed by atoms with van der Waals surface area (Å²) in [6.45, 7) is 5.76. The van der Waals surface area contributed by atoms with E-state index in [0.29, 0.717) is 12.3 Å². The Hall–Kier alpha value is -1.04. The highest BCUT2D eigenvalue weighted by atomic mass is 16.1. The largest absolute Gasteiger partial charge is 0.338 e. The maximum absolute atomic E-state index is 12.1. The van der Waals surface area contributed by atoms with Gasteiger partial charge in [0.1, 0.15) is 5.54 Å². The molecule has 0 aromatic heterocycles. The van der Waals surface area contributed by atoms with E-state index in [9.17, 15) is 10.1 Å². The number of amides is 1. The minimum Gasteiger partial charge on any atom is -0.338 e. The fraction of sp³-hybridized carbons (Fsp3) is 0.867. The van der Waals surface area contributed by atoms with Crippen molar-refractivity contribution in [2.45, 2.75) is 58.4 Å². The second-order valence-corrected chi connectivity index (χ2v) is 6.66. The van der Waals surface area contributed by atoms with Crippen LogP contribution in [0.15, 0.2) is 0 Å². The quantitative estimate of drug-likeness (QED) is 0.831. The zero-order valence-electron chi connectivity index (χ0n) is 11.7. The van der Waals surface area contributed by atoms with Gasteiger partial charge in [-0.2, -0.15) is 5.26 Å². The number of hydrogen-bond donors (Lipinski definition) is 1. The van der Waals surface area contributed by atoms with Crippen molar-refractivity contribution in [1.29, 1.82) is 5.26 Å². The Kier molecular flexibility index (Phi) is 3.66. The van der Waals surface area contributed by atoms with Crippen LogP contribution in [0, 0.1) is 35.0 Å². The Balaban J connectivity index is 1.88. The second kappa shape index (κ2) is 4.91. The van der Waals surface area contributed by atoms with Gasteiger partial charge in [-0.1, -0.05) is 20.3 Å². The first-order valence-corrected chi connectivity index (χ1v) is 7.17. The number of fused-ring (bicyclic) bond motifs is 2. The van der Waals surface area contributed by atoms with Crippen molar-refractivity contribution in [1.82, 2.24) is 5.32 Å². The van der Waals surface area contributed by atoms with Crippen molar-refractivity contribution in [2.75, 3.05) is 0 Å². The van der Waals surface area contributed by atoms with Crippen LogP contribution in [0.25, 0.3) is 0 Å². The highest BCUT2D eigenvalue weighted by Gasteiger charge is 2.41. The summed E-state index contributed by atoms with van der Waals surface area (Å²) in [5.74, 6) is 2.41. The van der Waals surface area contributed by atoms with Crippen molar-refractivity contribution in [3.05, 3.63) is 0 Å². The van der Waals surface area contributed by atoms with Crippen LogP contribution >= 0.6 is 0 Å². The third-order valence-corrected chi connectivity index (χ3v) is 5.12. The lowest BCUT2D eigenvalue weighted by Gasteiger charge is -2.29. The van der Waals surface area contributed by atoms with Crippen LogP contribution in [0.1, 0.15) is 52.9 Å². The number of nitrogens with one attached hydrogen (secondary N) is 1. The van der Waals surface area contributed by atoms with Gasteiger partial charge in [-0.25, -0.2) is 0 Å². The number of carbonyl (C=O) groups excluding carboxylic acids is 1. The number of hydrogen-bond acceptors (Lipinski definition) is 2. The Labute approximate surface area is 110 Å². The molecule has 0 spiro atoms. The highest BCUT2D eigenvalue weighted by molar-refractivity contribution is 5.77. The van der Waals surface area contributed by atoms with E-state index >= 15 is 0 Å². The monoisotopic (exact) mass is 248 g/mol. The molecule has 0 aromatic rings. The minimum absolute atomic E-state index is 0.0605. The van der Waals surface area contributed by atoms with Crippen LogP contribution in [0.3, 0.4) is 0 Å². The second-order valence-electron chi connectivity index (χ2n) is 6.66. The van der Waals surface area contributed by atoms with E-state index in [0.717, 1.165) is 11.8 Å². The fourth-order valence-corrected chi connectivity index (χ4v) is 3.51. The number of rotatable bonds is 4. The summed E-state index contributed by atoms with van der Waals surface area (Å²) >= 11 is 0. The van der Waals surface area contributed by atoms with E-state index in [2.05, 4.69) is 11.4 Å². The molecule has 0 unspecified atom stereocenters. The normalized spacial score (nSPS) is 33.2. The van der Waals surface area contributed by atoms with E-state index in [1.54, 1.807) is 0 Å². The summed E-state index contributed by atoms with van der Waals surface area (Å²) in [5.41, 5.74) is -0.727. The maximum atomic E-state index is 12.1. The molecule has 3 heteroatoms. The van der Waals surface area contributed by atoms with Crippen LogP contribution < -0.4 is 5.32 Å². The fourth-order valence-electron chi connectivity index (χ4n) is 3.51. The first-order valence-electron chi connectivity index (χ1n) is 7.17. The summed E-state index contributed by atoms with van der Waals surface area (Å²) in [6.07, 6.45) is 5.85. The van der Waals surface area contributed by atoms with E-state index in [-0.39, 0.29) is 11.8 Å². The molecular formula is C15H24N2O. The number of nitriles is 1. The van der Waals surface area contributed by atoms with E-state index in [4.69, 9.17) is 0 Å². The van der Waals surface area contributed by atoms with Gasteiger partial charge in [0.05, 0.1) is 6.07 Å². The van der Waals surface area contributed by atoms with Crippen molar-refractivity contribution < 1.29 is 4.79 Å². The van der Waals surface area contributed by atoms with Crippen molar-refractivity contribution in [3.8, 4) is 6.07 Å². The molecule has 0 saturated heterocycles. The predicted molar refractivity (Wildman–Crippen MR) is 70.6 cm³/mol. The zero-order valence-corrected chi connectivity index (χ0v) is 11.7. The van der Waals surface area contributed by atoms with Gasteiger partial charge in [0.2, 0.25) is 5.91 Å². The number of carbonyl (C=O) groups is 1. The molecule has 3 nitrogen and oxygen atoms in total. The van der Waals surface area contributed by atoms with Gasteiger partial charge in [-0.3, -0.25) is 4.79 Å². The molecule has 0 aromatic carbocycles. The molecule has 0 heterocycles. The molecule has 0 radical (unpaired) electrons. The molecule has 2 rings (SSSR count). The van der Waals surface area contributed by atoms with Crippen LogP contribution in [-0.2, 0) is 4.79 Å². The summed E-state index contributed by atoms with van der Waals surface area (Å²) in [4.78, 5) is 12.1. The first-order chi connectivity index (χ1) is 8.44. The Morgan fingerprint density at radius 1 is 1.44 bits per heavy atom. The molecule has 2 aliphatic rings. The van der Waals surface area contributed by atoms with E-state index in [1.807, 2.05) is 20.8 Å². The number of nitrogens with zero attached hydrogens (tertiary/aromatic N) is 1. The van der Waals surface area contributed by atoms with Gasteiger partial charge < -0.3 is 5.32 Å². The van der Waals surface area contributed by atoms with E-state index in [1.165, 1.54) is 25.7 Å². The van der Waals surface area contributed by atoms with Crippen LogP contribution in [-0.4, -0.2) is 11.4 Å². The van der Waals surface area contributed by atoms with Gasteiger partial charge in [0.25, 0.3) is 0 Å². The van der Waals surface area contributed by atoms with Crippen LogP contribution in [0.5, 0.6) is 0 Å². The van der Waals surface area contributed by atoms with Crippen molar-refractivity contribution in [3.63, 3.8) is 0 Å². The molecule has 2 bridgehead atoms. The maximum Gasteiger partial charge on any atom is 0.221 e. The van der Waals surface area contributed by atoms with Crippen LogP contribution in [0.2, 0.25) is 0 Å². The van der Waals surface area contributed by atoms with Gasteiger partial charge in [-0.15, -0.1) is 0 Å². The smallest absolute Gasteiger partial charge is 0.221 e. The van der Waals surface area contributed by atoms with Crippen molar-refractivity contribution in [2.24, 2.45) is 23.7 Å². The summed E-state index contributed by atoms with van der Waals surface area (Å²) in [7, 11) is 0. The SMILES string of the molecule is CC(C)[C@](C)(C#N)NC(=O)C[C@@H]1C[C@H]2CC[C@H]1C2. The van der Waals surface area contributed by atoms with Crippen molar-refractivity contribution >= 4 is 5.91 Å². The molecule has 2 aliphatic carbocycles. The van der Waals surface area contributed by atoms with Gasteiger partial charge in [-0.05, 0) is 49.9 Å². The lowest BCUT2D eigenvalue weighted by atomic mass is 9.85. The average Bonchev–Trinajstić information content (AvgIpc) is 2.90. The standard InChI is InChI=1S/C15H24N2O/c1-10(2)15(3,9-16)17-14(18)8-13-7-11-4-5-12(13)6-11/h10-13H,4-8H2,1-3H3,(H,17,18)/t11-,12-,13-,15-/m0/s1. The average molecular weight is 248 g/mol. The molecule has 18 heavy (non-hydrogen) atoms. The molecule has 2 fully saturated rings. The Morgan fingerprint density at radius 2 is 2.17 bits per heavy atom. The summed E-state index contributed by atoms with van der Waals surface area (Å²) < 4.78 is 0. The topological polar surface area (TPSA) is 52.9 Å². The molecule has 0 aliphatic heterocycles. The van der Waals surface area contributed by atoms with Gasteiger partial charge >= 0.3 is 0 Å². The molecular weight excluding hydrogens is 224 g/mol. The molecule has 1 amide bonds. The first kappa shape index (κ1) is 13.4. The molecule has 4 atom stereocenters. The highest BCUT2D eigenvalue weighted by Crippen LogP contribution is 2.49. The minimum atomic E-state index is -0.727. The zero-order chi connectivity index (χ0) is 13.3. The van der Waals surface area contributed by atoms with E-state index < -0.39 is 5.54 Å². The molecule has 1 N–H and O–H groups in total. The lowest BCUT2D eigenvalue weighted by Crippen LogP contribution is -2.49. The summed E-state index contributed by atoms with van der Waals surface area (Å²) in [6, 6.07) is 2.24. The lowest BCUT2D eigenvalue weighted by molar-refractivity contribution is -0.124.